The minimum absolute atomic E-state index is 0.0163. The van der Waals surface area contributed by atoms with E-state index in [1.807, 2.05) is 6.07 Å². The topological polar surface area (TPSA) is 65.8 Å². The van der Waals surface area contributed by atoms with Crippen LogP contribution in [-0.4, -0.2) is 53.7 Å². The minimum Gasteiger partial charge on any atom is -0.396 e. The van der Waals surface area contributed by atoms with E-state index in [4.69, 9.17) is 16.3 Å². The van der Waals surface area contributed by atoms with Crippen LogP contribution < -0.4 is 4.90 Å². The zero-order chi connectivity index (χ0) is 16.5. The third kappa shape index (κ3) is 3.61. The van der Waals surface area contributed by atoms with Crippen molar-refractivity contribution in [3.05, 3.63) is 23.0 Å². The molecule has 2 N–H and O–H groups in total. The van der Waals surface area contributed by atoms with Gasteiger partial charge in [0.2, 0.25) is 0 Å². The Morgan fingerprint density at radius 3 is 2.65 bits per heavy atom. The second kappa shape index (κ2) is 6.29. The number of aliphatic hydroxyl groups is 2. The number of halogens is 1. The molecule has 124 valence electrons. The van der Waals surface area contributed by atoms with E-state index in [1.165, 1.54) is 0 Å². The summed E-state index contributed by atoms with van der Waals surface area (Å²) >= 11 is 6.05. The number of aromatic nitrogens is 1. The van der Waals surface area contributed by atoms with Crippen molar-refractivity contribution in [2.24, 2.45) is 5.41 Å². The maximum Gasteiger partial charge on any atom is 0.172 e. The molecular weight excluding hydrogens is 316 g/mol. The summed E-state index contributed by atoms with van der Waals surface area (Å²) in [6, 6.07) is 1.81. The normalized spacial score (nSPS) is 22.0. The van der Waals surface area contributed by atoms with E-state index in [0.717, 1.165) is 37.2 Å². The predicted molar refractivity (Wildman–Crippen MR) is 88.5 cm³/mol. The van der Waals surface area contributed by atoms with Gasteiger partial charge in [0.1, 0.15) is 5.15 Å². The Balaban J connectivity index is 1.83. The highest BCUT2D eigenvalue weighted by atomic mass is 35.5. The molecule has 3 rings (SSSR count). The van der Waals surface area contributed by atoms with Gasteiger partial charge in [-0.15, -0.1) is 0 Å². The van der Waals surface area contributed by atoms with Crippen molar-refractivity contribution in [2.75, 3.05) is 37.8 Å². The third-order valence-corrected chi connectivity index (χ3v) is 4.86. The van der Waals surface area contributed by atoms with Crippen molar-refractivity contribution >= 4 is 17.3 Å². The largest absolute Gasteiger partial charge is 0.396 e. The first-order chi connectivity index (χ1) is 10.9. The van der Waals surface area contributed by atoms with Gasteiger partial charge in [0.25, 0.3) is 0 Å². The summed E-state index contributed by atoms with van der Waals surface area (Å²) < 4.78 is 5.00. The van der Waals surface area contributed by atoms with Crippen molar-refractivity contribution in [1.82, 2.24) is 4.98 Å². The Labute approximate surface area is 141 Å². The first-order valence-corrected chi connectivity index (χ1v) is 8.16. The molecule has 0 unspecified atom stereocenters. The van der Waals surface area contributed by atoms with E-state index >= 15 is 0 Å². The number of hydrogen-bond acceptors (Lipinski definition) is 5. The van der Waals surface area contributed by atoms with Crippen molar-refractivity contribution in [3.63, 3.8) is 0 Å². The summed E-state index contributed by atoms with van der Waals surface area (Å²) in [6.07, 6.45) is 3.47. The summed E-state index contributed by atoms with van der Waals surface area (Å²) in [5.74, 6) is 5.89. The summed E-state index contributed by atoms with van der Waals surface area (Å²) in [7, 11) is 0. The van der Waals surface area contributed by atoms with E-state index in [2.05, 4.69) is 28.6 Å². The Bertz CT molecular complexity index is 641. The molecule has 3 heterocycles. The molecule has 0 aliphatic carbocycles. The third-order valence-electron chi connectivity index (χ3n) is 4.65. The lowest BCUT2D eigenvalue weighted by molar-refractivity contribution is -0.140. The number of pyridine rings is 1. The molecule has 2 saturated heterocycles. The van der Waals surface area contributed by atoms with Crippen LogP contribution in [0.3, 0.4) is 0 Å². The Hall–Kier alpha value is -1.32. The maximum absolute atomic E-state index is 10.0. The van der Waals surface area contributed by atoms with Gasteiger partial charge in [-0.25, -0.2) is 4.98 Å². The molecule has 2 aliphatic rings. The molecule has 6 heteroatoms. The molecule has 2 fully saturated rings. The van der Waals surface area contributed by atoms with Gasteiger partial charge < -0.3 is 19.8 Å². The fraction of sp³-hybridized carbons (Fsp3) is 0.588. The highest BCUT2D eigenvalue weighted by Gasteiger charge is 2.34. The number of hydrogen-bond donors (Lipinski definition) is 2. The van der Waals surface area contributed by atoms with Crippen molar-refractivity contribution in [2.45, 2.75) is 25.4 Å². The van der Waals surface area contributed by atoms with Gasteiger partial charge in [-0.05, 0) is 18.3 Å². The number of ether oxygens (including phenoxy) is 1. The summed E-state index contributed by atoms with van der Waals surface area (Å²) in [4.78, 5) is 6.33. The molecule has 0 saturated carbocycles. The SMILES string of the molecule is CC1(CO)CCN(c2cc(Cl)ncc2C#CC2(O)COC2)CC1. The number of nitrogens with zero attached hydrogens (tertiary/aromatic N) is 2. The molecule has 0 amide bonds. The first-order valence-electron chi connectivity index (χ1n) is 7.78. The maximum atomic E-state index is 10.0. The van der Waals surface area contributed by atoms with Crippen LogP contribution in [0.1, 0.15) is 25.3 Å². The second-order valence-electron chi connectivity index (χ2n) is 6.75. The Morgan fingerprint density at radius 1 is 1.39 bits per heavy atom. The van der Waals surface area contributed by atoms with Crippen LogP contribution in [0, 0.1) is 17.3 Å². The zero-order valence-corrected chi connectivity index (χ0v) is 13.9. The second-order valence-corrected chi connectivity index (χ2v) is 7.14. The number of piperidine rings is 1. The van der Waals surface area contributed by atoms with Crippen LogP contribution >= 0.6 is 11.6 Å². The quantitative estimate of drug-likeness (QED) is 0.632. The smallest absolute Gasteiger partial charge is 0.172 e. The van der Waals surface area contributed by atoms with Gasteiger partial charge in [0, 0.05) is 32.0 Å². The summed E-state index contributed by atoms with van der Waals surface area (Å²) in [6.45, 7) is 4.47. The highest BCUT2D eigenvalue weighted by molar-refractivity contribution is 6.29. The van der Waals surface area contributed by atoms with Crippen LogP contribution in [0.5, 0.6) is 0 Å². The number of rotatable bonds is 2. The first kappa shape index (κ1) is 16.5. The van der Waals surface area contributed by atoms with Crippen LogP contribution in [0.4, 0.5) is 5.69 Å². The lowest BCUT2D eigenvalue weighted by Gasteiger charge is -2.39. The average Bonchev–Trinajstić information content (AvgIpc) is 2.53. The zero-order valence-electron chi connectivity index (χ0n) is 13.2. The molecule has 0 atom stereocenters. The van der Waals surface area contributed by atoms with E-state index in [1.54, 1.807) is 6.20 Å². The molecule has 23 heavy (non-hydrogen) atoms. The summed E-state index contributed by atoms with van der Waals surface area (Å²) in [5, 5.41) is 20.0. The molecule has 5 nitrogen and oxygen atoms in total. The van der Waals surface area contributed by atoms with Crippen molar-refractivity contribution < 1.29 is 14.9 Å². The molecule has 1 aromatic rings. The van der Waals surface area contributed by atoms with Crippen molar-refractivity contribution in [1.29, 1.82) is 0 Å². The van der Waals surface area contributed by atoms with Gasteiger partial charge in [-0.1, -0.05) is 30.4 Å². The number of anilines is 1. The monoisotopic (exact) mass is 336 g/mol. The Morgan fingerprint density at radius 2 is 2.09 bits per heavy atom. The van der Waals surface area contributed by atoms with Crippen LogP contribution in [0.25, 0.3) is 0 Å². The van der Waals surface area contributed by atoms with Crippen LogP contribution in [-0.2, 0) is 4.74 Å². The molecular formula is C17H21ClN2O3. The van der Waals surface area contributed by atoms with Gasteiger partial charge in [-0.2, -0.15) is 0 Å². The van der Waals surface area contributed by atoms with Gasteiger partial charge in [-0.3, -0.25) is 0 Å². The van der Waals surface area contributed by atoms with E-state index in [9.17, 15) is 10.2 Å². The molecule has 0 bridgehead atoms. The molecule has 2 aliphatic heterocycles. The number of aliphatic hydroxyl groups excluding tert-OH is 1. The summed E-state index contributed by atoms with van der Waals surface area (Å²) in [5.41, 5.74) is 0.620. The minimum atomic E-state index is -1.05. The van der Waals surface area contributed by atoms with E-state index in [-0.39, 0.29) is 25.2 Å². The highest BCUT2D eigenvalue weighted by Crippen LogP contribution is 2.34. The van der Waals surface area contributed by atoms with E-state index < -0.39 is 5.60 Å². The predicted octanol–water partition coefficient (Wildman–Crippen LogP) is 1.45. The standard InChI is InChI=1S/C17H21ClN2O3/c1-16(10-21)4-6-20(7-5-16)14-8-15(18)19-9-13(14)2-3-17(22)11-23-12-17/h8-9,21-22H,4-7,10-12H2,1H3. The van der Waals surface area contributed by atoms with Crippen LogP contribution in [0.2, 0.25) is 5.15 Å². The van der Waals surface area contributed by atoms with Crippen molar-refractivity contribution in [3.8, 4) is 11.8 Å². The average molecular weight is 337 g/mol. The fourth-order valence-electron chi connectivity index (χ4n) is 2.77. The fourth-order valence-corrected chi connectivity index (χ4v) is 2.93. The van der Waals surface area contributed by atoms with Gasteiger partial charge in [0.15, 0.2) is 5.60 Å². The molecule has 0 radical (unpaired) electrons. The van der Waals surface area contributed by atoms with Gasteiger partial charge in [0.05, 0.1) is 24.5 Å². The lowest BCUT2D eigenvalue weighted by atomic mass is 9.81. The lowest BCUT2D eigenvalue weighted by Crippen LogP contribution is -2.48. The Kier molecular flexibility index (Phi) is 4.52. The molecule has 1 aromatic heterocycles. The van der Waals surface area contributed by atoms with E-state index in [0.29, 0.717) is 5.15 Å². The molecule has 0 spiro atoms. The van der Waals surface area contributed by atoms with Gasteiger partial charge >= 0.3 is 0 Å². The molecule has 0 aromatic carbocycles. The van der Waals surface area contributed by atoms with Crippen LogP contribution in [0.15, 0.2) is 12.3 Å².